The Morgan fingerprint density at radius 1 is 1.29 bits per heavy atom. The minimum Gasteiger partial charge on any atom is -0.504 e. The lowest BCUT2D eigenvalue weighted by atomic mass is 10.2. The number of para-hydroxylation sites is 1. The molecule has 0 amide bonds. The number of nitrogens with one attached hydrogen (secondary N) is 2. The maximum Gasteiger partial charge on any atom is 0.175 e. The fraction of sp³-hybridized carbons (Fsp3) is 0.385. The average Bonchev–Trinajstić information content (AvgIpc) is 2.80. The van der Waals surface area contributed by atoms with E-state index in [1.165, 1.54) is 0 Å². The number of benzene rings is 1. The Kier molecular flexibility index (Phi) is 4.01. The molecule has 3 N–H and O–H groups in total. The van der Waals surface area contributed by atoms with Gasteiger partial charge in [0, 0.05) is 31.1 Å². The molecule has 0 aliphatic carbocycles. The molecule has 1 fully saturated rings. The third-order valence-corrected chi connectivity index (χ3v) is 2.70. The third kappa shape index (κ3) is 3.22. The molecule has 92 valence electrons. The van der Waals surface area contributed by atoms with E-state index in [2.05, 4.69) is 17.6 Å². The second-order valence-corrected chi connectivity index (χ2v) is 4.18. The maximum absolute atomic E-state index is 9.17. The van der Waals surface area contributed by atoms with Crippen LogP contribution >= 0.6 is 0 Å². The van der Waals surface area contributed by atoms with Crippen molar-refractivity contribution in [1.29, 1.82) is 0 Å². The van der Waals surface area contributed by atoms with E-state index in [4.69, 9.17) is 9.52 Å². The van der Waals surface area contributed by atoms with Crippen LogP contribution < -0.4 is 10.6 Å². The fourth-order valence-corrected chi connectivity index (χ4v) is 1.77. The molecule has 1 aliphatic rings. The Morgan fingerprint density at radius 2 is 2.18 bits per heavy atom. The maximum atomic E-state index is 9.17. The van der Waals surface area contributed by atoms with Crippen LogP contribution in [0.4, 0.5) is 0 Å². The molecule has 2 heterocycles. The second kappa shape index (κ2) is 5.70. The van der Waals surface area contributed by atoms with Crippen molar-refractivity contribution >= 4 is 11.0 Å². The van der Waals surface area contributed by atoms with Crippen LogP contribution in [0.15, 0.2) is 34.9 Å². The van der Waals surface area contributed by atoms with Crippen LogP contribution in [0.3, 0.4) is 0 Å². The van der Waals surface area contributed by atoms with Crippen LogP contribution in [-0.4, -0.2) is 30.8 Å². The first-order chi connectivity index (χ1) is 8.27. The Hall–Kier alpha value is -1.52. The zero-order valence-corrected chi connectivity index (χ0v) is 9.94. The summed E-state index contributed by atoms with van der Waals surface area (Å²) in [5.41, 5.74) is 0.558. The van der Waals surface area contributed by atoms with Crippen molar-refractivity contribution in [3.8, 4) is 5.75 Å². The molecule has 0 radical (unpaired) electrons. The van der Waals surface area contributed by atoms with Crippen LogP contribution in [0.1, 0.15) is 6.92 Å². The summed E-state index contributed by atoms with van der Waals surface area (Å²) in [6.07, 6.45) is 1.56. The molecular weight excluding hydrogens is 216 g/mol. The zero-order chi connectivity index (χ0) is 12.1. The normalized spacial score (nSPS) is 19.7. The van der Waals surface area contributed by atoms with Crippen molar-refractivity contribution < 1.29 is 9.52 Å². The summed E-state index contributed by atoms with van der Waals surface area (Å²) in [5.74, 6) is 0.197. The van der Waals surface area contributed by atoms with Gasteiger partial charge in [0.2, 0.25) is 0 Å². The highest BCUT2D eigenvalue weighted by Crippen LogP contribution is 2.24. The van der Waals surface area contributed by atoms with E-state index in [1.54, 1.807) is 18.4 Å². The summed E-state index contributed by atoms with van der Waals surface area (Å²) in [6.45, 7) is 5.57. The molecular formula is C13H18N2O2. The molecule has 0 spiro atoms. The van der Waals surface area contributed by atoms with Crippen molar-refractivity contribution in [1.82, 2.24) is 10.6 Å². The van der Waals surface area contributed by atoms with Crippen molar-refractivity contribution in [3.05, 3.63) is 30.5 Å². The molecule has 1 atom stereocenters. The van der Waals surface area contributed by atoms with Gasteiger partial charge in [-0.15, -0.1) is 0 Å². The number of aromatic hydroxyl groups is 1. The van der Waals surface area contributed by atoms with Crippen molar-refractivity contribution in [2.75, 3.05) is 19.6 Å². The van der Waals surface area contributed by atoms with Gasteiger partial charge in [0.25, 0.3) is 0 Å². The van der Waals surface area contributed by atoms with E-state index < -0.39 is 0 Å². The van der Waals surface area contributed by atoms with Gasteiger partial charge >= 0.3 is 0 Å². The molecule has 1 aromatic heterocycles. The first kappa shape index (κ1) is 12.0. The number of hydrogen-bond donors (Lipinski definition) is 3. The van der Waals surface area contributed by atoms with Crippen LogP contribution in [0.5, 0.6) is 5.75 Å². The molecule has 1 unspecified atom stereocenters. The number of fused-ring (bicyclic) bond motifs is 1. The second-order valence-electron chi connectivity index (χ2n) is 4.18. The van der Waals surface area contributed by atoms with Crippen LogP contribution in [0.2, 0.25) is 0 Å². The van der Waals surface area contributed by atoms with Gasteiger partial charge in [0.15, 0.2) is 11.3 Å². The average molecular weight is 234 g/mol. The van der Waals surface area contributed by atoms with Gasteiger partial charge in [-0.2, -0.15) is 0 Å². The summed E-state index contributed by atoms with van der Waals surface area (Å²) < 4.78 is 5.00. The largest absolute Gasteiger partial charge is 0.504 e. The van der Waals surface area contributed by atoms with E-state index in [-0.39, 0.29) is 5.75 Å². The van der Waals surface area contributed by atoms with Gasteiger partial charge in [-0.3, -0.25) is 0 Å². The van der Waals surface area contributed by atoms with E-state index in [9.17, 15) is 0 Å². The minimum atomic E-state index is 0.197. The van der Waals surface area contributed by atoms with Gasteiger partial charge in [0.05, 0.1) is 6.26 Å². The van der Waals surface area contributed by atoms with E-state index >= 15 is 0 Å². The van der Waals surface area contributed by atoms with E-state index in [0.717, 1.165) is 25.0 Å². The van der Waals surface area contributed by atoms with Gasteiger partial charge in [-0.05, 0) is 19.1 Å². The van der Waals surface area contributed by atoms with Crippen LogP contribution in [0, 0.1) is 0 Å². The topological polar surface area (TPSA) is 57.4 Å². The standard InChI is InChI=1S/C8H6O2.C5H12N2/c9-7-3-1-2-6-4-5-10-8(6)7;1-5-4-6-2-3-7-5/h1-5,9H;5-7H,2-4H2,1H3. The molecule has 2 aromatic rings. The fourth-order valence-electron chi connectivity index (χ4n) is 1.77. The first-order valence-electron chi connectivity index (χ1n) is 5.86. The minimum absolute atomic E-state index is 0.197. The molecule has 1 saturated heterocycles. The zero-order valence-electron chi connectivity index (χ0n) is 9.94. The lowest BCUT2D eigenvalue weighted by molar-refractivity contribution is 0.442. The van der Waals surface area contributed by atoms with E-state index in [1.807, 2.05) is 12.1 Å². The monoisotopic (exact) mass is 234 g/mol. The Labute approximate surface area is 101 Å². The first-order valence-corrected chi connectivity index (χ1v) is 5.86. The van der Waals surface area contributed by atoms with Crippen LogP contribution in [-0.2, 0) is 0 Å². The molecule has 0 bridgehead atoms. The molecule has 4 nitrogen and oxygen atoms in total. The Bertz CT molecular complexity index is 461. The van der Waals surface area contributed by atoms with Gasteiger partial charge in [-0.25, -0.2) is 0 Å². The number of rotatable bonds is 0. The lowest BCUT2D eigenvalue weighted by Crippen LogP contribution is -2.46. The molecule has 4 heteroatoms. The summed E-state index contributed by atoms with van der Waals surface area (Å²) in [7, 11) is 0. The predicted octanol–water partition coefficient (Wildman–Crippen LogP) is 1.71. The highest BCUT2D eigenvalue weighted by atomic mass is 16.3. The van der Waals surface area contributed by atoms with Gasteiger partial charge in [0.1, 0.15) is 0 Å². The molecule has 3 rings (SSSR count). The number of furan rings is 1. The molecule has 0 saturated carbocycles. The number of piperazine rings is 1. The third-order valence-electron chi connectivity index (χ3n) is 2.70. The quantitative estimate of drug-likeness (QED) is 0.649. The Balaban J connectivity index is 0.000000136. The summed E-state index contributed by atoms with van der Waals surface area (Å²) in [6, 6.07) is 7.76. The predicted molar refractivity (Wildman–Crippen MR) is 68.2 cm³/mol. The smallest absolute Gasteiger partial charge is 0.175 e. The van der Waals surface area contributed by atoms with Gasteiger partial charge < -0.3 is 20.2 Å². The van der Waals surface area contributed by atoms with Crippen molar-refractivity contribution in [3.63, 3.8) is 0 Å². The lowest BCUT2D eigenvalue weighted by Gasteiger charge is -2.19. The van der Waals surface area contributed by atoms with Crippen molar-refractivity contribution in [2.45, 2.75) is 13.0 Å². The number of phenols is 1. The number of hydrogen-bond acceptors (Lipinski definition) is 4. The van der Waals surface area contributed by atoms with E-state index in [0.29, 0.717) is 11.6 Å². The number of phenolic OH excluding ortho intramolecular Hbond substituents is 1. The SMILES string of the molecule is CC1CNCCN1.Oc1cccc2ccoc12. The van der Waals surface area contributed by atoms with Crippen LogP contribution in [0.25, 0.3) is 11.0 Å². The summed E-state index contributed by atoms with van der Waals surface area (Å²) in [5, 5.41) is 16.7. The highest BCUT2D eigenvalue weighted by molar-refractivity contribution is 5.82. The Morgan fingerprint density at radius 3 is 2.76 bits per heavy atom. The molecule has 17 heavy (non-hydrogen) atoms. The van der Waals surface area contributed by atoms with Gasteiger partial charge in [-0.1, -0.05) is 12.1 Å². The highest BCUT2D eigenvalue weighted by Gasteiger charge is 2.03. The molecule has 1 aliphatic heterocycles. The summed E-state index contributed by atoms with van der Waals surface area (Å²) in [4.78, 5) is 0. The molecule has 1 aromatic carbocycles. The summed E-state index contributed by atoms with van der Waals surface area (Å²) >= 11 is 0. The van der Waals surface area contributed by atoms with Crippen molar-refractivity contribution in [2.24, 2.45) is 0 Å².